The highest BCUT2D eigenvalue weighted by molar-refractivity contribution is 7.99. The van der Waals surface area contributed by atoms with Crippen molar-refractivity contribution in [3.05, 3.63) is 88.0 Å². The second kappa shape index (κ2) is 9.30. The summed E-state index contributed by atoms with van der Waals surface area (Å²) >= 11 is 1.69. The number of anilines is 1. The van der Waals surface area contributed by atoms with Crippen LogP contribution in [0.1, 0.15) is 29.3 Å². The Morgan fingerprint density at radius 2 is 1.74 bits per heavy atom. The van der Waals surface area contributed by atoms with E-state index in [1.165, 1.54) is 17.0 Å². The molecule has 172 valence electrons. The molecule has 0 N–H and O–H groups in total. The van der Waals surface area contributed by atoms with Gasteiger partial charge in [0.1, 0.15) is 0 Å². The number of rotatable bonds is 4. The quantitative estimate of drug-likeness (QED) is 0.367. The molecule has 1 fully saturated rings. The van der Waals surface area contributed by atoms with Gasteiger partial charge in [-0.05, 0) is 42.8 Å². The largest absolute Gasteiger partial charge is 0.368 e. The first-order chi connectivity index (χ1) is 16.5. The fourth-order valence-corrected chi connectivity index (χ4v) is 5.37. The topological polar surface area (TPSA) is 79.0 Å². The molecular formula is C26H24N4O3S. The minimum atomic E-state index is -0.397. The monoisotopic (exact) mass is 472 g/mol. The fraction of sp³-hybridized carbons (Fsp3) is 0.231. The van der Waals surface area contributed by atoms with E-state index in [0.29, 0.717) is 31.7 Å². The SMILES string of the molecule is CCC1=Nc2cc(C(=O)N3CCN(c4ccc([N+](=O)[O-])cc4)CC3)ccc2Sc2ccccc21. The lowest BCUT2D eigenvalue weighted by Crippen LogP contribution is -2.48. The third kappa shape index (κ3) is 4.28. The number of hydrogen-bond donors (Lipinski definition) is 0. The molecule has 1 saturated heterocycles. The Morgan fingerprint density at radius 1 is 1.00 bits per heavy atom. The van der Waals surface area contributed by atoms with Crippen molar-refractivity contribution in [3.8, 4) is 0 Å². The first kappa shape index (κ1) is 22.2. The molecule has 0 aliphatic carbocycles. The lowest BCUT2D eigenvalue weighted by atomic mass is 10.1. The summed E-state index contributed by atoms with van der Waals surface area (Å²) in [5.74, 6) is 0.00570. The summed E-state index contributed by atoms with van der Waals surface area (Å²) in [6.45, 7) is 4.65. The lowest BCUT2D eigenvalue weighted by Gasteiger charge is -2.36. The van der Waals surface area contributed by atoms with Crippen LogP contribution in [0.4, 0.5) is 17.1 Å². The van der Waals surface area contributed by atoms with Crippen LogP contribution < -0.4 is 4.90 Å². The second-order valence-corrected chi connectivity index (χ2v) is 9.33. The number of fused-ring (bicyclic) bond motifs is 2. The summed E-state index contributed by atoms with van der Waals surface area (Å²) in [5.41, 5.74) is 4.68. The molecule has 0 atom stereocenters. The molecule has 7 nitrogen and oxygen atoms in total. The Labute approximate surface area is 202 Å². The van der Waals surface area contributed by atoms with Crippen molar-refractivity contribution in [2.45, 2.75) is 23.1 Å². The van der Waals surface area contributed by atoms with Gasteiger partial charge in [0.2, 0.25) is 0 Å². The van der Waals surface area contributed by atoms with Crippen molar-refractivity contribution in [2.24, 2.45) is 4.99 Å². The number of aliphatic imine (C=N–C) groups is 1. The van der Waals surface area contributed by atoms with Crippen LogP contribution in [0.2, 0.25) is 0 Å². The number of hydrogen-bond acceptors (Lipinski definition) is 6. The molecule has 3 aromatic rings. The summed E-state index contributed by atoms with van der Waals surface area (Å²) in [6, 6.07) is 20.7. The molecule has 0 radical (unpaired) electrons. The second-order valence-electron chi connectivity index (χ2n) is 8.25. The number of nitro benzene ring substituents is 1. The lowest BCUT2D eigenvalue weighted by molar-refractivity contribution is -0.384. The predicted octanol–water partition coefficient (Wildman–Crippen LogP) is 5.55. The Morgan fingerprint density at radius 3 is 2.44 bits per heavy atom. The van der Waals surface area contributed by atoms with Gasteiger partial charge in [0.05, 0.1) is 10.6 Å². The number of non-ortho nitro benzene ring substituents is 1. The van der Waals surface area contributed by atoms with Crippen molar-refractivity contribution in [1.82, 2.24) is 4.90 Å². The van der Waals surface area contributed by atoms with Crippen LogP contribution in [0.3, 0.4) is 0 Å². The van der Waals surface area contributed by atoms with Gasteiger partial charge in [-0.2, -0.15) is 0 Å². The molecule has 0 spiro atoms. The standard InChI is InChI=1S/C26H24N4O3S/c1-2-22-21-5-3-4-6-24(21)34-25-12-7-18(17-23(25)27-22)26(31)29-15-13-28(14-16-29)19-8-10-20(11-9-19)30(32)33/h3-12,17H,2,13-16H2,1H3. The third-order valence-electron chi connectivity index (χ3n) is 6.21. The number of nitrogens with zero attached hydrogens (tertiary/aromatic N) is 4. The van der Waals surface area contributed by atoms with Gasteiger partial charge in [-0.25, -0.2) is 0 Å². The maximum absolute atomic E-state index is 13.3. The minimum absolute atomic E-state index is 0.00570. The number of amides is 1. The van der Waals surface area contributed by atoms with Gasteiger partial charge >= 0.3 is 0 Å². The van der Waals surface area contributed by atoms with Crippen molar-refractivity contribution >= 4 is 40.4 Å². The van der Waals surface area contributed by atoms with E-state index in [2.05, 4.69) is 24.0 Å². The molecule has 0 aromatic heterocycles. The van der Waals surface area contributed by atoms with E-state index in [9.17, 15) is 14.9 Å². The van der Waals surface area contributed by atoms with E-state index in [1.807, 2.05) is 35.2 Å². The molecular weight excluding hydrogens is 448 g/mol. The molecule has 3 aromatic carbocycles. The summed E-state index contributed by atoms with van der Waals surface area (Å²) in [4.78, 5) is 34.9. The van der Waals surface area contributed by atoms with Gasteiger partial charge < -0.3 is 9.80 Å². The summed E-state index contributed by atoms with van der Waals surface area (Å²) in [7, 11) is 0. The van der Waals surface area contributed by atoms with Gasteiger partial charge in [-0.1, -0.05) is 36.9 Å². The highest BCUT2D eigenvalue weighted by Gasteiger charge is 2.24. The van der Waals surface area contributed by atoms with Gasteiger partial charge in [0.25, 0.3) is 11.6 Å². The molecule has 1 amide bonds. The van der Waals surface area contributed by atoms with Crippen molar-refractivity contribution < 1.29 is 9.72 Å². The third-order valence-corrected chi connectivity index (χ3v) is 7.35. The molecule has 5 rings (SSSR count). The zero-order chi connectivity index (χ0) is 23.7. The molecule has 2 aliphatic heterocycles. The number of nitro groups is 1. The Bertz CT molecular complexity index is 1280. The van der Waals surface area contributed by atoms with Crippen molar-refractivity contribution in [1.29, 1.82) is 0 Å². The predicted molar refractivity (Wildman–Crippen MR) is 135 cm³/mol. The van der Waals surface area contributed by atoms with Crippen LogP contribution in [0.5, 0.6) is 0 Å². The molecule has 0 unspecified atom stereocenters. The summed E-state index contributed by atoms with van der Waals surface area (Å²) < 4.78 is 0. The Hall–Kier alpha value is -3.65. The van der Waals surface area contributed by atoms with E-state index < -0.39 is 4.92 Å². The van der Waals surface area contributed by atoms with Crippen LogP contribution in [0, 0.1) is 10.1 Å². The normalized spacial score (nSPS) is 15.1. The van der Waals surface area contributed by atoms with Gasteiger partial charge in [-0.3, -0.25) is 19.9 Å². The van der Waals surface area contributed by atoms with Gasteiger partial charge in [0, 0.05) is 70.6 Å². The average molecular weight is 473 g/mol. The Kier molecular flexibility index (Phi) is 6.06. The van der Waals surface area contributed by atoms with Crippen LogP contribution in [-0.4, -0.2) is 47.6 Å². The Balaban J connectivity index is 1.31. The van der Waals surface area contributed by atoms with Gasteiger partial charge in [-0.15, -0.1) is 0 Å². The molecule has 0 saturated carbocycles. The summed E-state index contributed by atoms with van der Waals surface area (Å²) in [5, 5.41) is 10.9. The molecule has 34 heavy (non-hydrogen) atoms. The highest BCUT2D eigenvalue weighted by atomic mass is 32.2. The summed E-state index contributed by atoms with van der Waals surface area (Å²) in [6.07, 6.45) is 0.819. The zero-order valence-electron chi connectivity index (χ0n) is 18.8. The van der Waals surface area contributed by atoms with Crippen molar-refractivity contribution in [2.75, 3.05) is 31.1 Å². The minimum Gasteiger partial charge on any atom is -0.368 e. The first-order valence-electron chi connectivity index (χ1n) is 11.3. The smallest absolute Gasteiger partial charge is 0.269 e. The average Bonchev–Trinajstić information content (AvgIpc) is 3.04. The zero-order valence-corrected chi connectivity index (χ0v) is 19.6. The number of piperazine rings is 1. The van der Waals surface area contributed by atoms with Crippen LogP contribution in [0.25, 0.3) is 0 Å². The van der Waals surface area contributed by atoms with Crippen LogP contribution in [-0.2, 0) is 0 Å². The molecule has 0 bridgehead atoms. The van der Waals surface area contributed by atoms with Gasteiger partial charge in [0.15, 0.2) is 0 Å². The van der Waals surface area contributed by atoms with E-state index in [4.69, 9.17) is 4.99 Å². The highest BCUT2D eigenvalue weighted by Crippen LogP contribution is 2.41. The van der Waals surface area contributed by atoms with E-state index >= 15 is 0 Å². The number of carbonyl (C=O) groups is 1. The van der Waals surface area contributed by atoms with Crippen LogP contribution >= 0.6 is 11.8 Å². The van der Waals surface area contributed by atoms with E-state index in [-0.39, 0.29) is 11.6 Å². The van der Waals surface area contributed by atoms with E-state index in [0.717, 1.165) is 34.0 Å². The first-order valence-corrected chi connectivity index (χ1v) is 12.1. The number of carbonyl (C=O) groups excluding carboxylic acids is 1. The number of benzene rings is 3. The molecule has 8 heteroatoms. The fourth-order valence-electron chi connectivity index (χ4n) is 4.35. The van der Waals surface area contributed by atoms with E-state index in [1.54, 1.807) is 23.9 Å². The van der Waals surface area contributed by atoms with Crippen molar-refractivity contribution in [3.63, 3.8) is 0 Å². The van der Waals surface area contributed by atoms with Crippen LogP contribution in [0.15, 0.2) is 81.5 Å². The maximum Gasteiger partial charge on any atom is 0.269 e. The molecule has 2 heterocycles. The molecule has 2 aliphatic rings. The maximum atomic E-state index is 13.3.